The number of carbonyl (C=O) groups excluding carboxylic acids is 2. The molecular weight excluding hydrogens is 416 g/mol. The number of likely N-dealkylation sites (N-methyl/N-ethyl adjacent to an activating group) is 1. The number of piperazine rings is 1. The normalized spacial score (nSPS) is 16.4. The summed E-state index contributed by atoms with van der Waals surface area (Å²) in [5, 5.41) is 2.78. The van der Waals surface area contributed by atoms with Crippen LogP contribution in [-0.4, -0.2) is 52.9 Å². The Morgan fingerprint density at radius 3 is 2.36 bits per heavy atom. The number of nitrogens with one attached hydrogen (secondary N) is 1. The third-order valence-electron chi connectivity index (χ3n) is 5.95. The van der Waals surface area contributed by atoms with Gasteiger partial charge in [0.15, 0.2) is 0 Å². The number of benzene rings is 2. The van der Waals surface area contributed by atoms with Gasteiger partial charge in [0.05, 0.1) is 6.04 Å². The fourth-order valence-electron chi connectivity index (χ4n) is 4.12. The van der Waals surface area contributed by atoms with Crippen LogP contribution in [0.2, 0.25) is 0 Å². The fraction of sp³-hybridized carbons (Fsp3) is 0.269. The number of amides is 2. The van der Waals surface area contributed by atoms with Crippen molar-refractivity contribution >= 4 is 11.8 Å². The summed E-state index contributed by atoms with van der Waals surface area (Å²) in [6.07, 6.45) is 1.56. The second-order valence-corrected chi connectivity index (χ2v) is 8.30. The Morgan fingerprint density at radius 2 is 1.64 bits per heavy atom. The van der Waals surface area contributed by atoms with E-state index in [0.717, 1.165) is 24.2 Å². The molecule has 1 N–H and O–H groups in total. The van der Waals surface area contributed by atoms with Crippen LogP contribution in [0.1, 0.15) is 27.5 Å². The molecule has 0 unspecified atom stereocenters. The molecule has 1 aliphatic rings. The maximum Gasteiger partial charge on any atom is 0.263 e. The highest BCUT2D eigenvalue weighted by Gasteiger charge is 2.30. The highest BCUT2D eigenvalue weighted by Crippen LogP contribution is 2.25. The lowest BCUT2D eigenvalue weighted by Gasteiger charge is -2.40. The van der Waals surface area contributed by atoms with Gasteiger partial charge in [0.25, 0.3) is 11.5 Å². The predicted octanol–water partition coefficient (Wildman–Crippen LogP) is 2.29. The number of hydrogen-bond acceptors (Lipinski definition) is 4. The Balaban J connectivity index is 1.48. The SMILES string of the molecule is CN1CCN(C(=O)Cn2cccc(C(=O)NCc3ccccc3)c2=O)[C@@H](c2ccccc2)C1. The van der Waals surface area contributed by atoms with Crippen LogP contribution in [0.5, 0.6) is 0 Å². The summed E-state index contributed by atoms with van der Waals surface area (Å²) in [5.41, 5.74) is 1.57. The van der Waals surface area contributed by atoms with E-state index in [0.29, 0.717) is 13.1 Å². The molecule has 1 aromatic heterocycles. The number of hydrogen-bond donors (Lipinski definition) is 1. The molecule has 1 saturated heterocycles. The molecular formula is C26H28N4O3. The highest BCUT2D eigenvalue weighted by molar-refractivity contribution is 5.93. The molecule has 0 radical (unpaired) electrons. The predicted molar refractivity (Wildman–Crippen MR) is 127 cm³/mol. The van der Waals surface area contributed by atoms with Crippen molar-refractivity contribution in [3.8, 4) is 0 Å². The lowest BCUT2D eigenvalue weighted by molar-refractivity contribution is -0.136. The number of rotatable bonds is 6. The maximum absolute atomic E-state index is 13.2. The monoisotopic (exact) mass is 444 g/mol. The van der Waals surface area contributed by atoms with Crippen molar-refractivity contribution < 1.29 is 9.59 Å². The molecule has 7 heteroatoms. The Morgan fingerprint density at radius 1 is 0.939 bits per heavy atom. The van der Waals surface area contributed by atoms with Crippen molar-refractivity contribution in [1.82, 2.24) is 19.7 Å². The molecule has 2 amide bonds. The average Bonchev–Trinajstić information content (AvgIpc) is 2.85. The summed E-state index contributed by atoms with van der Waals surface area (Å²) in [4.78, 5) is 42.9. The van der Waals surface area contributed by atoms with Gasteiger partial charge in [-0.2, -0.15) is 0 Å². The molecule has 170 valence electrons. The third kappa shape index (κ3) is 5.38. The van der Waals surface area contributed by atoms with Crippen molar-refractivity contribution in [3.63, 3.8) is 0 Å². The van der Waals surface area contributed by atoms with Crippen molar-refractivity contribution in [1.29, 1.82) is 0 Å². The molecule has 2 aromatic carbocycles. The summed E-state index contributed by atoms with van der Waals surface area (Å²) in [7, 11) is 2.04. The Labute approximate surface area is 193 Å². The van der Waals surface area contributed by atoms with Gasteiger partial charge in [0, 0.05) is 32.4 Å². The van der Waals surface area contributed by atoms with Crippen LogP contribution in [-0.2, 0) is 17.9 Å². The van der Waals surface area contributed by atoms with E-state index in [1.807, 2.05) is 72.6 Å². The minimum Gasteiger partial charge on any atom is -0.348 e. The topological polar surface area (TPSA) is 74.7 Å². The maximum atomic E-state index is 13.2. The van der Waals surface area contributed by atoms with E-state index < -0.39 is 11.5 Å². The first-order chi connectivity index (χ1) is 16.0. The standard InChI is InChI=1S/C26H28N4O3/c1-28-15-16-30(23(18-28)21-11-6-3-7-12-21)24(31)19-29-14-8-13-22(26(29)33)25(32)27-17-20-9-4-2-5-10-20/h2-14,23H,15-19H2,1H3,(H,27,32)/t23-/m1/s1. The van der Waals surface area contributed by atoms with Crippen LogP contribution in [0.4, 0.5) is 0 Å². The van der Waals surface area contributed by atoms with Crippen LogP contribution in [0.25, 0.3) is 0 Å². The van der Waals surface area contributed by atoms with Crippen LogP contribution in [0.3, 0.4) is 0 Å². The molecule has 1 fully saturated rings. The lowest BCUT2D eigenvalue weighted by Crippen LogP contribution is -2.50. The smallest absolute Gasteiger partial charge is 0.263 e. The highest BCUT2D eigenvalue weighted by atomic mass is 16.2. The molecule has 0 saturated carbocycles. The lowest BCUT2D eigenvalue weighted by atomic mass is 10.0. The van der Waals surface area contributed by atoms with Gasteiger partial charge in [-0.3, -0.25) is 14.4 Å². The molecule has 4 rings (SSSR count). The molecule has 3 aromatic rings. The molecule has 0 aliphatic carbocycles. The summed E-state index contributed by atoms with van der Waals surface area (Å²) < 4.78 is 1.32. The molecule has 2 heterocycles. The average molecular weight is 445 g/mol. The molecule has 33 heavy (non-hydrogen) atoms. The third-order valence-corrected chi connectivity index (χ3v) is 5.95. The van der Waals surface area contributed by atoms with Gasteiger partial charge in [-0.15, -0.1) is 0 Å². The van der Waals surface area contributed by atoms with Crippen LogP contribution in [0.15, 0.2) is 83.8 Å². The molecule has 0 bridgehead atoms. The largest absolute Gasteiger partial charge is 0.348 e. The van der Waals surface area contributed by atoms with E-state index in [2.05, 4.69) is 10.2 Å². The number of aromatic nitrogens is 1. The zero-order chi connectivity index (χ0) is 23.2. The quantitative estimate of drug-likeness (QED) is 0.633. The number of nitrogens with zero attached hydrogens (tertiary/aromatic N) is 3. The molecule has 0 spiro atoms. The summed E-state index contributed by atoms with van der Waals surface area (Å²) >= 11 is 0. The van der Waals surface area contributed by atoms with Gasteiger partial charge in [0.1, 0.15) is 12.1 Å². The van der Waals surface area contributed by atoms with Gasteiger partial charge >= 0.3 is 0 Å². The Hall–Kier alpha value is -3.71. The fourth-order valence-corrected chi connectivity index (χ4v) is 4.12. The number of carbonyl (C=O) groups is 2. The van der Waals surface area contributed by atoms with Crippen LogP contribution in [0, 0.1) is 0 Å². The molecule has 1 aliphatic heterocycles. The van der Waals surface area contributed by atoms with E-state index in [1.54, 1.807) is 12.3 Å². The Kier molecular flexibility index (Phi) is 7.00. The minimum atomic E-state index is -0.471. The van der Waals surface area contributed by atoms with Gasteiger partial charge in [-0.1, -0.05) is 60.7 Å². The van der Waals surface area contributed by atoms with Crippen LogP contribution >= 0.6 is 0 Å². The van der Waals surface area contributed by atoms with E-state index in [4.69, 9.17) is 0 Å². The van der Waals surface area contributed by atoms with Gasteiger partial charge in [0.2, 0.25) is 5.91 Å². The number of pyridine rings is 1. The van der Waals surface area contributed by atoms with Gasteiger partial charge < -0.3 is 19.7 Å². The minimum absolute atomic E-state index is 0.0271. The summed E-state index contributed by atoms with van der Waals surface area (Å²) in [5.74, 6) is -0.590. The molecule has 7 nitrogen and oxygen atoms in total. The van der Waals surface area contributed by atoms with Crippen molar-refractivity contribution in [2.75, 3.05) is 26.7 Å². The summed E-state index contributed by atoms with van der Waals surface area (Å²) in [6.45, 7) is 2.30. The Bertz CT molecular complexity index is 1160. The zero-order valence-electron chi connectivity index (χ0n) is 18.7. The van der Waals surface area contributed by atoms with Crippen molar-refractivity contribution in [2.45, 2.75) is 19.1 Å². The van der Waals surface area contributed by atoms with E-state index >= 15 is 0 Å². The van der Waals surface area contributed by atoms with Gasteiger partial charge in [-0.25, -0.2) is 0 Å². The van der Waals surface area contributed by atoms with Crippen LogP contribution < -0.4 is 10.9 Å². The zero-order valence-corrected chi connectivity index (χ0v) is 18.7. The van der Waals surface area contributed by atoms with Crippen molar-refractivity contribution in [2.24, 2.45) is 0 Å². The second-order valence-electron chi connectivity index (χ2n) is 8.30. The summed E-state index contributed by atoms with van der Waals surface area (Å²) in [6, 6.07) is 22.5. The van der Waals surface area contributed by atoms with Gasteiger partial charge in [-0.05, 0) is 30.3 Å². The molecule has 1 atom stereocenters. The van der Waals surface area contributed by atoms with Crippen molar-refractivity contribution in [3.05, 3.63) is 106 Å². The first-order valence-corrected chi connectivity index (χ1v) is 11.1. The first kappa shape index (κ1) is 22.5. The van der Waals surface area contributed by atoms with E-state index in [1.165, 1.54) is 10.6 Å². The first-order valence-electron chi connectivity index (χ1n) is 11.1. The second kappa shape index (κ2) is 10.3. The van der Waals surface area contributed by atoms with E-state index in [9.17, 15) is 14.4 Å². The van der Waals surface area contributed by atoms with E-state index in [-0.39, 0.29) is 24.1 Å².